The number of benzene rings is 5. The van der Waals surface area contributed by atoms with Gasteiger partial charge in [0.25, 0.3) is 0 Å². The summed E-state index contributed by atoms with van der Waals surface area (Å²) in [6.45, 7) is 0. The molecule has 4 nitrogen and oxygen atoms in total. The van der Waals surface area contributed by atoms with E-state index in [0.717, 1.165) is 34.9 Å². The Morgan fingerprint density at radius 1 is 0.591 bits per heavy atom. The zero-order valence-corrected chi connectivity index (χ0v) is 24.6. The summed E-state index contributed by atoms with van der Waals surface area (Å²) >= 11 is 1.80. The SMILES string of the molecule is C1=CCC(c2nc(-c3ccc(-n4c5ccccc5c5ccccc54)cc3)nc(-c3cccc4c3sc3ccccc34)n2)C=C1. The topological polar surface area (TPSA) is 43.6 Å². The van der Waals surface area contributed by atoms with Crippen LogP contribution in [0.3, 0.4) is 0 Å². The summed E-state index contributed by atoms with van der Waals surface area (Å²) in [4.78, 5) is 15.3. The summed E-state index contributed by atoms with van der Waals surface area (Å²) in [6.07, 6.45) is 9.42. The summed E-state index contributed by atoms with van der Waals surface area (Å²) in [5.74, 6) is 2.32. The van der Waals surface area contributed by atoms with Gasteiger partial charge in [0.15, 0.2) is 11.6 Å². The minimum atomic E-state index is 0.110. The Hall–Kier alpha value is -5.39. The molecule has 0 aliphatic heterocycles. The molecule has 5 heteroatoms. The van der Waals surface area contributed by atoms with Gasteiger partial charge in [-0.05, 0) is 55.0 Å². The summed E-state index contributed by atoms with van der Waals surface area (Å²) < 4.78 is 4.81. The van der Waals surface area contributed by atoms with Crippen molar-refractivity contribution in [2.75, 3.05) is 0 Å². The van der Waals surface area contributed by atoms with E-state index in [1.807, 2.05) is 0 Å². The van der Waals surface area contributed by atoms with Crippen LogP contribution in [-0.2, 0) is 0 Å². The molecule has 0 fully saturated rings. The average molecular weight is 583 g/mol. The van der Waals surface area contributed by atoms with Crippen molar-refractivity contribution >= 4 is 53.3 Å². The molecule has 1 aliphatic carbocycles. The van der Waals surface area contributed by atoms with E-state index < -0.39 is 0 Å². The van der Waals surface area contributed by atoms with Crippen molar-refractivity contribution in [3.63, 3.8) is 0 Å². The van der Waals surface area contributed by atoms with E-state index in [0.29, 0.717) is 5.82 Å². The van der Waals surface area contributed by atoms with Crippen LogP contribution >= 0.6 is 11.3 Å². The van der Waals surface area contributed by atoms with Gasteiger partial charge in [-0.1, -0.05) is 91.0 Å². The van der Waals surface area contributed by atoms with Crippen molar-refractivity contribution < 1.29 is 0 Å². The van der Waals surface area contributed by atoms with Crippen molar-refractivity contribution in [3.8, 4) is 28.5 Å². The second-order valence-corrected chi connectivity index (χ2v) is 12.2. The van der Waals surface area contributed by atoms with Crippen LogP contribution in [0.2, 0.25) is 0 Å². The van der Waals surface area contributed by atoms with Crippen LogP contribution in [-0.4, -0.2) is 19.5 Å². The van der Waals surface area contributed by atoms with E-state index in [2.05, 4.69) is 144 Å². The number of allylic oxidation sites excluding steroid dienone is 4. The largest absolute Gasteiger partial charge is 0.309 e. The molecular formula is C39H26N4S. The maximum atomic E-state index is 5.12. The molecule has 0 bridgehead atoms. The maximum absolute atomic E-state index is 5.12. The zero-order chi connectivity index (χ0) is 29.0. The second kappa shape index (κ2) is 10.1. The van der Waals surface area contributed by atoms with Crippen molar-refractivity contribution in [1.82, 2.24) is 19.5 Å². The molecule has 0 amide bonds. The number of rotatable bonds is 4. The minimum absolute atomic E-state index is 0.110. The van der Waals surface area contributed by atoms with Crippen molar-refractivity contribution in [2.24, 2.45) is 0 Å². The normalized spacial score (nSPS) is 14.8. The number of para-hydroxylation sites is 2. The molecule has 5 aromatic carbocycles. The van der Waals surface area contributed by atoms with Crippen LogP contribution in [0, 0.1) is 0 Å². The van der Waals surface area contributed by atoms with Gasteiger partial charge >= 0.3 is 0 Å². The van der Waals surface area contributed by atoms with Gasteiger partial charge in [0.05, 0.1) is 11.0 Å². The fourth-order valence-corrected chi connectivity index (χ4v) is 7.68. The number of aromatic nitrogens is 4. The molecule has 1 aliphatic rings. The fourth-order valence-electron chi connectivity index (χ4n) is 6.46. The van der Waals surface area contributed by atoms with Crippen molar-refractivity contribution in [1.29, 1.82) is 0 Å². The van der Waals surface area contributed by atoms with Crippen LogP contribution in [0.1, 0.15) is 18.2 Å². The van der Waals surface area contributed by atoms with Crippen molar-refractivity contribution in [3.05, 3.63) is 145 Å². The first-order valence-electron chi connectivity index (χ1n) is 14.9. The first-order valence-corrected chi connectivity index (χ1v) is 15.7. The predicted octanol–water partition coefficient (Wildman–Crippen LogP) is 10.3. The molecule has 0 radical (unpaired) electrons. The summed E-state index contributed by atoms with van der Waals surface area (Å²) in [5.41, 5.74) is 5.51. The van der Waals surface area contributed by atoms with Gasteiger partial charge in [-0.3, -0.25) is 0 Å². The molecule has 44 heavy (non-hydrogen) atoms. The molecule has 3 heterocycles. The highest BCUT2D eigenvalue weighted by Crippen LogP contribution is 2.40. The Kier molecular flexibility index (Phi) is 5.78. The minimum Gasteiger partial charge on any atom is -0.309 e. The van der Waals surface area contributed by atoms with Crippen LogP contribution in [0.25, 0.3) is 70.4 Å². The number of nitrogens with zero attached hydrogens (tertiary/aromatic N) is 4. The maximum Gasteiger partial charge on any atom is 0.165 e. The third-order valence-corrected chi connectivity index (χ3v) is 9.79. The first kappa shape index (κ1) is 25.1. The molecule has 1 atom stereocenters. The highest BCUT2D eigenvalue weighted by atomic mass is 32.1. The third-order valence-electron chi connectivity index (χ3n) is 8.57. The lowest BCUT2D eigenvalue weighted by atomic mass is 10.00. The number of hydrogen-bond acceptors (Lipinski definition) is 4. The number of fused-ring (bicyclic) bond motifs is 6. The van der Waals surface area contributed by atoms with Gasteiger partial charge in [0.2, 0.25) is 0 Å². The Labute approximate surface area is 258 Å². The quantitative estimate of drug-likeness (QED) is 0.207. The molecule has 208 valence electrons. The van der Waals surface area contributed by atoms with E-state index in [1.54, 1.807) is 11.3 Å². The van der Waals surface area contributed by atoms with E-state index in [4.69, 9.17) is 15.0 Å². The van der Waals surface area contributed by atoms with Gasteiger partial charge in [0, 0.05) is 53.7 Å². The second-order valence-electron chi connectivity index (χ2n) is 11.2. The Morgan fingerprint density at radius 2 is 1.27 bits per heavy atom. The van der Waals surface area contributed by atoms with Crippen molar-refractivity contribution in [2.45, 2.75) is 12.3 Å². The number of hydrogen-bond donors (Lipinski definition) is 0. The molecule has 9 rings (SSSR count). The van der Waals surface area contributed by atoms with Crippen LogP contribution in [0.5, 0.6) is 0 Å². The van der Waals surface area contributed by atoms with Crippen LogP contribution < -0.4 is 0 Å². The molecule has 0 spiro atoms. The molecule has 1 unspecified atom stereocenters. The lowest BCUT2D eigenvalue weighted by molar-refractivity contribution is 0.764. The number of thiophene rings is 1. The fraction of sp³-hybridized carbons (Fsp3) is 0.0513. The summed E-state index contributed by atoms with van der Waals surface area (Å²) in [6, 6.07) is 40.8. The lowest BCUT2D eigenvalue weighted by Gasteiger charge is -2.15. The first-order chi connectivity index (χ1) is 21.8. The average Bonchev–Trinajstić information content (AvgIpc) is 3.65. The van der Waals surface area contributed by atoms with Crippen LogP contribution in [0.4, 0.5) is 0 Å². The van der Waals surface area contributed by atoms with Gasteiger partial charge < -0.3 is 4.57 Å². The predicted molar refractivity (Wildman–Crippen MR) is 184 cm³/mol. The van der Waals surface area contributed by atoms with Gasteiger partial charge in [0.1, 0.15) is 5.82 Å². The van der Waals surface area contributed by atoms with E-state index in [9.17, 15) is 0 Å². The Balaban J connectivity index is 1.20. The highest BCUT2D eigenvalue weighted by Gasteiger charge is 2.20. The summed E-state index contributed by atoms with van der Waals surface area (Å²) in [7, 11) is 0. The van der Waals surface area contributed by atoms with Gasteiger partial charge in [-0.25, -0.2) is 15.0 Å². The molecule has 0 saturated carbocycles. The zero-order valence-electron chi connectivity index (χ0n) is 23.8. The van der Waals surface area contributed by atoms with Gasteiger partial charge in [-0.2, -0.15) is 0 Å². The standard InChI is InChI=1S/C39H26N4S/c1-2-11-25(12-3-1)37-40-38(42-39(41-37)32-17-10-16-31-30-15-6-9-20-35(30)44-36(31)32)26-21-23-27(24-22-26)43-33-18-7-4-13-28(33)29-14-5-8-19-34(29)43/h1-11,13-25H,12H2. The van der Waals surface area contributed by atoms with E-state index in [1.165, 1.54) is 42.0 Å². The van der Waals surface area contributed by atoms with E-state index in [-0.39, 0.29) is 5.92 Å². The Morgan fingerprint density at radius 3 is 2.02 bits per heavy atom. The monoisotopic (exact) mass is 582 g/mol. The Bertz CT molecular complexity index is 2370. The molecular weight excluding hydrogens is 557 g/mol. The lowest BCUT2D eigenvalue weighted by Crippen LogP contribution is -2.08. The third kappa shape index (κ3) is 4.01. The molecule has 3 aromatic heterocycles. The molecule has 0 N–H and O–H groups in total. The van der Waals surface area contributed by atoms with Crippen LogP contribution in [0.15, 0.2) is 140 Å². The smallest absolute Gasteiger partial charge is 0.165 e. The highest BCUT2D eigenvalue weighted by molar-refractivity contribution is 7.26. The molecule has 8 aromatic rings. The summed E-state index contributed by atoms with van der Waals surface area (Å²) in [5, 5.41) is 5.01. The van der Waals surface area contributed by atoms with Gasteiger partial charge in [-0.15, -0.1) is 11.3 Å². The van der Waals surface area contributed by atoms with E-state index >= 15 is 0 Å². The molecule has 0 saturated heterocycles.